The number of anilines is 2. The Morgan fingerprint density at radius 2 is 2.00 bits per heavy atom. The third kappa shape index (κ3) is 3.64. The van der Waals surface area contributed by atoms with Gasteiger partial charge in [-0.2, -0.15) is 0 Å². The summed E-state index contributed by atoms with van der Waals surface area (Å²) in [6.07, 6.45) is 0.683. The van der Waals surface area contributed by atoms with Crippen LogP contribution >= 0.6 is 0 Å². The van der Waals surface area contributed by atoms with Gasteiger partial charge in [0, 0.05) is 32.0 Å². The number of rotatable bonds is 7. The fraction of sp³-hybridized carbons (Fsp3) is 0.348. The first-order valence-corrected chi connectivity index (χ1v) is 10.6. The van der Waals surface area contributed by atoms with Crippen LogP contribution in [-0.4, -0.2) is 54.8 Å². The van der Waals surface area contributed by atoms with Crippen molar-refractivity contribution in [2.75, 3.05) is 43.7 Å². The van der Waals surface area contributed by atoms with Gasteiger partial charge in [0.15, 0.2) is 11.5 Å². The molecular weight excluding hydrogens is 412 g/mol. The van der Waals surface area contributed by atoms with Crippen LogP contribution in [0.1, 0.15) is 18.9 Å². The van der Waals surface area contributed by atoms with E-state index < -0.39 is 6.04 Å². The number of para-hydroxylation sites is 2. The summed E-state index contributed by atoms with van der Waals surface area (Å²) in [7, 11) is 1.63. The quantitative estimate of drug-likeness (QED) is 0.573. The number of imidazole rings is 1. The molecule has 0 unspecified atom stereocenters. The van der Waals surface area contributed by atoms with E-state index in [4.69, 9.17) is 14.2 Å². The van der Waals surface area contributed by atoms with E-state index in [2.05, 4.69) is 10.3 Å². The van der Waals surface area contributed by atoms with Crippen molar-refractivity contribution >= 4 is 34.5 Å². The van der Waals surface area contributed by atoms with Gasteiger partial charge in [-0.25, -0.2) is 4.98 Å². The maximum absolute atomic E-state index is 13.2. The maximum Gasteiger partial charge on any atom is 0.253 e. The molecule has 1 aromatic heterocycles. The molecule has 0 fully saturated rings. The number of nitrogens with zero attached hydrogens (tertiary/aromatic N) is 3. The third-order valence-corrected chi connectivity index (χ3v) is 5.62. The number of ether oxygens (including phenoxy) is 3. The van der Waals surface area contributed by atoms with E-state index in [1.807, 2.05) is 28.8 Å². The zero-order valence-corrected chi connectivity index (χ0v) is 17.7. The van der Waals surface area contributed by atoms with Crippen LogP contribution in [0.2, 0.25) is 0 Å². The molecule has 0 aliphatic carbocycles. The minimum absolute atomic E-state index is 0.00140. The van der Waals surface area contributed by atoms with Gasteiger partial charge in [0.25, 0.3) is 5.91 Å². The smallest absolute Gasteiger partial charge is 0.253 e. The van der Waals surface area contributed by atoms with Crippen molar-refractivity contribution in [3.63, 3.8) is 0 Å². The van der Waals surface area contributed by atoms with Crippen molar-refractivity contribution in [2.45, 2.75) is 18.9 Å². The van der Waals surface area contributed by atoms with Crippen molar-refractivity contribution in [1.29, 1.82) is 0 Å². The molecular formula is C23H24N4O5. The molecule has 2 aliphatic heterocycles. The molecule has 9 nitrogen and oxygen atoms in total. The first-order valence-electron chi connectivity index (χ1n) is 10.6. The largest absolute Gasteiger partial charge is 0.486 e. The van der Waals surface area contributed by atoms with Gasteiger partial charge >= 0.3 is 0 Å². The number of carbonyl (C=O) groups excluding carboxylic acids is 2. The van der Waals surface area contributed by atoms with Crippen LogP contribution in [0.5, 0.6) is 11.5 Å². The second-order valence-electron chi connectivity index (χ2n) is 7.73. The van der Waals surface area contributed by atoms with E-state index in [9.17, 15) is 9.59 Å². The van der Waals surface area contributed by atoms with E-state index in [0.29, 0.717) is 55.9 Å². The van der Waals surface area contributed by atoms with E-state index in [1.54, 1.807) is 30.2 Å². The standard InChI is InChI=1S/C23H24N4O5/c1-30-10-4-9-26-22(29)18(27-17-6-3-2-5-16(17)25-23(26)27)14-21(28)24-15-7-8-19-20(13-15)32-12-11-31-19/h2-3,5-8,13,18H,4,9-12,14H2,1H3,(H,24,28)/t18-/m0/s1. The Bertz CT molecular complexity index is 1170. The highest BCUT2D eigenvalue weighted by molar-refractivity contribution is 6.05. The van der Waals surface area contributed by atoms with E-state index >= 15 is 0 Å². The summed E-state index contributed by atoms with van der Waals surface area (Å²) < 4.78 is 18.1. The van der Waals surface area contributed by atoms with Gasteiger partial charge in [-0.15, -0.1) is 0 Å². The summed E-state index contributed by atoms with van der Waals surface area (Å²) in [6, 6.07) is 12.2. The first kappa shape index (κ1) is 20.3. The molecule has 166 valence electrons. The van der Waals surface area contributed by atoms with Crippen LogP contribution in [-0.2, 0) is 14.3 Å². The summed E-state index contributed by atoms with van der Waals surface area (Å²) in [5.41, 5.74) is 2.23. The lowest BCUT2D eigenvalue weighted by molar-refractivity contribution is -0.124. The Hall–Kier alpha value is -3.59. The molecule has 3 heterocycles. The number of hydrogen-bond donors (Lipinski definition) is 1. The van der Waals surface area contributed by atoms with Crippen molar-refractivity contribution in [3.8, 4) is 11.5 Å². The highest BCUT2D eigenvalue weighted by atomic mass is 16.6. The Labute approximate surface area is 184 Å². The SMILES string of the molecule is COCCCN1C(=O)[C@H](CC(=O)Nc2ccc3c(c2)OCCO3)n2c1nc1ccccc12. The molecule has 2 amide bonds. The van der Waals surface area contributed by atoms with Crippen molar-refractivity contribution in [1.82, 2.24) is 9.55 Å². The normalized spacial score (nSPS) is 17.0. The number of methoxy groups -OCH3 is 1. The number of aromatic nitrogens is 2. The lowest BCUT2D eigenvalue weighted by Gasteiger charge is -2.19. The number of fused-ring (bicyclic) bond motifs is 4. The first-order chi connectivity index (χ1) is 15.7. The van der Waals surface area contributed by atoms with Crippen LogP contribution in [0.3, 0.4) is 0 Å². The molecule has 0 radical (unpaired) electrons. The van der Waals surface area contributed by atoms with Crippen LogP contribution in [0.4, 0.5) is 11.6 Å². The molecule has 2 aliphatic rings. The maximum atomic E-state index is 13.2. The summed E-state index contributed by atoms with van der Waals surface area (Å²) in [5, 5.41) is 2.88. The number of nitrogens with one attached hydrogen (secondary N) is 1. The highest BCUT2D eigenvalue weighted by Crippen LogP contribution is 2.37. The second kappa shape index (κ2) is 8.51. The number of hydrogen-bond acceptors (Lipinski definition) is 6. The molecule has 3 aromatic rings. The highest BCUT2D eigenvalue weighted by Gasteiger charge is 2.40. The third-order valence-electron chi connectivity index (χ3n) is 5.62. The van der Waals surface area contributed by atoms with Crippen LogP contribution < -0.4 is 19.7 Å². The topological polar surface area (TPSA) is 94.9 Å². The van der Waals surface area contributed by atoms with Crippen LogP contribution in [0.25, 0.3) is 11.0 Å². The fourth-order valence-corrected chi connectivity index (χ4v) is 4.18. The van der Waals surface area contributed by atoms with E-state index in [0.717, 1.165) is 11.0 Å². The number of benzene rings is 2. The lowest BCUT2D eigenvalue weighted by Crippen LogP contribution is -2.32. The van der Waals surface area contributed by atoms with E-state index in [-0.39, 0.29) is 18.2 Å². The summed E-state index contributed by atoms with van der Waals surface area (Å²) in [5.74, 6) is 1.43. The molecule has 9 heteroatoms. The van der Waals surface area contributed by atoms with Gasteiger partial charge in [0.05, 0.1) is 17.5 Å². The summed E-state index contributed by atoms with van der Waals surface area (Å²) in [4.78, 5) is 32.5. The molecule has 0 saturated carbocycles. The molecule has 0 bridgehead atoms. The Morgan fingerprint density at radius 1 is 1.19 bits per heavy atom. The fourth-order valence-electron chi connectivity index (χ4n) is 4.18. The number of carbonyl (C=O) groups is 2. The zero-order valence-electron chi connectivity index (χ0n) is 17.7. The minimum atomic E-state index is -0.655. The average Bonchev–Trinajstić information content (AvgIpc) is 3.29. The predicted molar refractivity (Wildman–Crippen MR) is 118 cm³/mol. The minimum Gasteiger partial charge on any atom is -0.486 e. The molecule has 1 N–H and O–H groups in total. The van der Waals surface area contributed by atoms with Crippen LogP contribution in [0, 0.1) is 0 Å². The molecule has 2 aromatic carbocycles. The Kier molecular flexibility index (Phi) is 5.40. The molecule has 0 saturated heterocycles. The second-order valence-corrected chi connectivity index (χ2v) is 7.73. The predicted octanol–water partition coefficient (Wildman–Crippen LogP) is 2.76. The van der Waals surface area contributed by atoms with E-state index in [1.165, 1.54) is 0 Å². The van der Waals surface area contributed by atoms with Crippen LogP contribution in [0.15, 0.2) is 42.5 Å². The van der Waals surface area contributed by atoms with Gasteiger partial charge in [0.2, 0.25) is 11.9 Å². The van der Waals surface area contributed by atoms with Crippen molar-refractivity contribution in [2.24, 2.45) is 0 Å². The lowest BCUT2D eigenvalue weighted by atomic mass is 10.1. The van der Waals surface area contributed by atoms with Gasteiger partial charge in [-0.3, -0.25) is 19.1 Å². The van der Waals surface area contributed by atoms with Crippen molar-refractivity contribution in [3.05, 3.63) is 42.5 Å². The van der Waals surface area contributed by atoms with Gasteiger partial charge in [0.1, 0.15) is 19.3 Å². The van der Waals surface area contributed by atoms with Crippen molar-refractivity contribution < 1.29 is 23.8 Å². The number of amides is 2. The van der Waals surface area contributed by atoms with Gasteiger partial charge in [-0.1, -0.05) is 12.1 Å². The van der Waals surface area contributed by atoms with Gasteiger partial charge in [-0.05, 0) is 30.7 Å². The Balaban J connectivity index is 1.38. The van der Waals surface area contributed by atoms with Gasteiger partial charge < -0.3 is 19.5 Å². The monoisotopic (exact) mass is 436 g/mol. The summed E-state index contributed by atoms with van der Waals surface area (Å²) >= 11 is 0. The molecule has 1 atom stereocenters. The summed E-state index contributed by atoms with van der Waals surface area (Å²) in [6.45, 7) is 2.00. The zero-order chi connectivity index (χ0) is 22.1. The average molecular weight is 436 g/mol. The molecule has 0 spiro atoms. The Morgan fingerprint density at radius 3 is 2.84 bits per heavy atom. The molecule has 5 rings (SSSR count). The molecule has 32 heavy (non-hydrogen) atoms.